The highest BCUT2D eigenvalue weighted by Gasteiger charge is 2.29. The molecule has 0 heterocycles. The Balaban J connectivity index is 2.53. The van der Waals surface area contributed by atoms with Crippen LogP contribution in [-0.4, -0.2) is 11.1 Å². The van der Waals surface area contributed by atoms with E-state index in [0.29, 0.717) is 12.0 Å². The summed E-state index contributed by atoms with van der Waals surface area (Å²) in [7, 11) is 0. The SMILES string of the molecule is N[C@@H]1Cc2cc(F)c(Cl)cc2[C@H]1O. The zero-order chi connectivity index (χ0) is 9.59. The largest absolute Gasteiger partial charge is 0.387 e. The lowest BCUT2D eigenvalue weighted by Gasteiger charge is -2.08. The van der Waals surface area contributed by atoms with Crippen molar-refractivity contribution in [3.8, 4) is 0 Å². The molecule has 2 nitrogen and oxygen atoms in total. The summed E-state index contributed by atoms with van der Waals surface area (Å²) < 4.78 is 13.0. The Morgan fingerprint density at radius 2 is 2.23 bits per heavy atom. The Kier molecular flexibility index (Phi) is 2.02. The number of nitrogens with two attached hydrogens (primary N) is 1. The van der Waals surface area contributed by atoms with Crippen molar-refractivity contribution in [3.05, 3.63) is 34.1 Å². The van der Waals surface area contributed by atoms with Crippen molar-refractivity contribution in [2.24, 2.45) is 5.73 Å². The molecule has 0 fully saturated rings. The molecule has 0 radical (unpaired) electrons. The van der Waals surface area contributed by atoms with Crippen LogP contribution in [0, 0.1) is 5.82 Å². The van der Waals surface area contributed by atoms with Gasteiger partial charge in [0, 0.05) is 6.04 Å². The van der Waals surface area contributed by atoms with Gasteiger partial charge in [-0.15, -0.1) is 0 Å². The van der Waals surface area contributed by atoms with Crippen LogP contribution in [0.15, 0.2) is 12.1 Å². The van der Waals surface area contributed by atoms with E-state index in [-0.39, 0.29) is 11.1 Å². The molecule has 0 aromatic heterocycles. The first kappa shape index (κ1) is 8.94. The van der Waals surface area contributed by atoms with E-state index >= 15 is 0 Å². The Labute approximate surface area is 80.1 Å². The van der Waals surface area contributed by atoms with Crippen LogP contribution in [-0.2, 0) is 6.42 Å². The third-order valence-electron chi connectivity index (χ3n) is 2.36. The van der Waals surface area contributed by atoms with E-state index in [1.165, 1.54) is 12.1 Å². The van der Waals surface area contributed by atoms with Crippen LogP contribution >= 0.6 is 11.6 Å². The van der Waals surface area contributed by atoms with E-state index in [4.69, 9.17) is 17.3 Å². The average molecular weight is 202 g/mol. The second-order valence-electron chi connectivity index (χ2n) is 3.28. The maximum atomic E-state index is 13.0. The van der Waals surface area contributed by atoms with Crippen LogP contribution < -0.4 is 5.73 Å². The zero-order valence-electron chi connectivity index (χ0n) is 6.80. The number of fused-ring (bicyclic) bond motifs is 1. The lowest BCUT2D eigenvalue weighted by Crippen LogP contribution is -2.24. The summed E-state index contributed by atoms with van der Waals surface area (Å²) in [5.41, 5.74) is 7.02. The van der Waals surface area contributed by atoms with Gasteiger partial charge in [-0.1, -0.05) is 11.6 Å². The van der Waals surface area contributed by atoms with Crippen LogP contribution in [0.3, 0.4) is 0 Å². The minimum Gasteiger partial charge on any atom is -0.387 e. The van der Waals surface area contributed by atoms with Crippen molar-refractivity contribution in [1.29, 1.82) is 0 Å². The minimum atomic E-state index is -0.715. The third kappa shape index (κ3) is 1.33. The number of aliphatic hydroxyl groups is 1. The van der Waals surface area contributed by atoms with Crippen LogP contribution in [0.25, 0.3) is 0 Å². The molecule has 0 amide bonds. The number of halogens is 2. The van der Waals surface area contributed by atoms with Crippen molar-refractivity contribution in [1.82, 2.24) is 0 Å². The third-order valence-corrected chi connectivity index (χ3v) is 2.65. The fraction of sp³-hybridized carbons (Fsp3) is 0.333. The normalized spacial score (nSPS) is 26.2. The van der Waals surface area contributed by atoms with E-state index in [1.54, 1.807) is 0 Å². The first-order chi connectivity index (χ1) is 6.09. The van der Waals surface area contributed by atoms with Gasteiger partial charge in [-0.2, -0.15) is 0 Å². The highest BCUT2D eigenvalue weighted by Crippen LogP contribution is 2.33. The van der Waals surface area contributed by atoms with E-state index in [0.717, 1.165) is 5.56 Å². The quantitative estimate of drug-likeness (QED) is 0.667. The molecule has 1 aliphatic carbocycles. The van der Waals surface area contributed by atoms with E-state index in [2.05, 4.69) is 0 Å². The van der Waals surface area contributed by atoms with Gasteiger partial charge in [0.15, 0.2) is 0 Å². The molecule has 70 valence electrons. The lowest BCUT2D eigenvalue weighted by molar-refractivity contribution is 0.159. The molecule has 0 unspecified atom stereocenters. The van der Waals surface area contributed by atoms with Crippen molar-refractivity contribution in [2.45, 2.75) is 18.6 Å². The Morgan fingerprint density at radius 3 is 2.92 bits per heavy atom. The van der Waals surface area contributed by atoms with E-state index < -0.39 is 11.9 Å². The summed E-state index contributed by atoms with van der Waals surface area (Å²) in [5, 5.41) is 9.59. The summed E-state index contributed by atoms with van der Waals surface area (Å²) in [4.78, 5) is 0. The monoisotopic (exact) mass is 201 g/mol. The fourth-order valence-electron chi connectivity index (χ4n) is 1.65. The predicted molar refractivity (Wildman–Crippen MR) is 48.0 cm³/mol. The number of hydrogen-bond donors (Lipinski definition) is 2. The maximum absolute atomic E-state index is 13.0. The average Bonchev–Trinajstić information content (AvgIpc) is 2.32. The van der Waals surface area contributed by atoms with E-state index in [9.17, 15) is 9.50 Å². The van der Waals surface area contributed by atoms with Gasteiger partial charge in [0.05, 0.1) is 11.1 Å². The van der Waals surface area contributed by atoms with Gasteiger partial charge in [-0.05, 0) is 29.7 Å². The molecule has 0 aliphatic heterocycles. The molecule has 4 heteroatoms. The first-order valence-electron chi connectivity index (χ1n) is 4.01. The maximum Gasteiger partial charge on any atom is 0.142 e. The minimum absolute atomic E-state index is 0.0342. The molecule has 0 bridgehead atoms. The topological polar surface area (TPSA) is 46.2 Å². The van der Waals surface area contributed by atoms with Crippen molar-refractivity contribution in [3.63, 3.8) is 0 Å². The van der Waals surface area contributed by atoms with Gasteiger partial charge in [-0.3, -0.25) is 0 Å². The Morgan fingerprint density at radius 1 is 1.54 bits per heavy atom. The van der Waals surface area contributed by atoms with Gasteiger partial charge >= 0.3 is 0 Å². The highest BCUT2D eigenvalue weighted by molar-refractivity contribution is 6.30. The highest BCUT2D eigenvalue weighted by atomic mass is 35.5. The number of benzene rings is 1. The molecule has 2 rings (SSSR count). The molecule has 0 saturated heterocycles. The van der Waals surface area contributed by atoms with Gasteiger partial charge in [-0.25, -0.2) is 4.39 Å². The Bertz CT molecular complexity index is 356. The zero-order valence-corrected chi connectivity index (χ0v) is 7.55. The van der Waals surface area contributed by atoms with E-state index in [1.807, 2.05) is 0 Å². The number of hydrogen-bond acceptors (Lipinski definition) is 2. The van der Waals surface area contributed by atoms with Crippen molar-refractivity contribution < 1.29 is 9.50 Å². The second-order valence-corrected chi connectivity index (χ2v) is 3.69. The standard InChI is InChI=1S/C9H9ClFNO/c10-6-3-5-4(1-7(6)11)2-8(12)9(5)13/h1,3,8-9,13H,2,12H2/t8-,9-/m1/s1. The summed E-state index contributed by atoms with van der Waals surface area (Å²) >= 11 is 5.58. The van der Waals surface area contributed by atoms with Crippen LogP contribution in [0.5, 0.6) is 0 Å². The molecule has 1 aromatic rings. The van der Waals surface area contributed by atoms with Gasteiger partial charge < -0.3 is 10.8 Å². The van der Waals surface area contributed by atoms with Gasteiger partial charge in [0.1, 0.15) is 5.82 Å². The van der Waals surface area contributed by atoms with Crippen LogP contribution in [0.1, 0.15) is 17.2 Å². The predicted octanol–water partition coefficient (Wildman–Crippen LogP) is 1.40. The number of rotatable bonds is 0. The fourth-order valence-corrected chi connectivity index (χ4v) is 1.82. The smallest absolute Gasteiger partial charge is 0.142 e. The molecule has 0 saturated carbocycles. The number of aliphatic hydroxyl groups excluding tert-OH is 1. The van der Waals surface area contributed by atoms with Crippen LogP contribution in [0.2, 0.25) is 5.02 Å². The lowest BCUT2D eigenvalue weighted by atomic mass is 10.1. The molecule has 3 N–H and O–H groups in total. The van der Waals surface area contributed by atoms with Gasteiger partial charge in [0.25, 0.3) is 0 Å². The second kappa shape index (κ2) is 2.94. The molecule has 0 spiro atoms. The molecule has 1 aliphatic rings. The van der Waals surface area contributed by atoms with Crippen molar-refractivity contribution in [2.75, 3.05) is 0 Å². The molecule has 13 heavy (non-hydrogen) atoms. The van der Waals surface area contributed by atoms with Gasteiger partial charge in [0.2, 0.25) is 0 Å². The molecule has 2 atom stereocenters. The summed E-state index contributed by atoms with van der Waals surface area (Å²) in [6, 6.07) is 2.45. The van der Waals surface area contributed by atoms with Crippen LogP contribution in [0.4, 0.5) is 4.39 Å². The first-order valence-corrected chi connectivity index (χ1v) is 4.39. The molecular formula is C9H9ClFNO. The summed E-state index contributed by atoms with van der Waals surface area (Å²) in [6.07, 6.45) is -0.210. The summed E-state index contributed by atoms with van der Waals surface area (Å²) in [6.45, 7) is 0. The molecular weight excluding hydrogens is 193 g/mol. The molecule has 1 aromatic carbocycles. The summed E-state index contributed by atoms with van der Waals surface area (Å²) in [5.74, 6) is -0.457. The Hall–Kier alpha value is -0.640. The van der Waals surface area contributed by atoms with Crippen molar-refractivity contribution >= 4 is 11.6 Å².